The number of aromatic nitrogens is 3. The molecule has 0 fully saturated rings. The third kappa shape index (κ3) is 2.67. The molecule has 26 heavy (non-hydrogen) atoms. The van der Waals surface area contributed by atoms with E-state index in [-0.39, 0.29) is 11.5 Å². The lowest BCUT2D eigenvalue weighted by Crippen LogP contribution is -2.38. The zero-order valence-corrected chi connectivity index (χ0v) is 14.3. The highest BCUT2D eigenvalue weighted by atomic mass is 16.3. The van der Waals surface area contributed by atoms with Gasteiger partial charge in [0.1, 0.15) is 17.9 Å². The van der Waals surface area contributed by atoms with E-state index in [0.29, 0.717) is 24.1 Å². The fraction of sp³-hybridized carbons (Fsp3) is 0.211. The molecular weight excluding hydrogens is 332 g/mol. The van der Waals surface area contributed by atoms with Crippen molar-refractivity contribution in [3.8, 4) is 0 Å². The van der Waals surface area contributed by atoms with E-state index in [0.717, 1.165) is 11.1 Å². The monoisotopic (exact) mass is 350 g/mol. The van der Waals surface area contributed by atoms with Gasteiger partial charge in [0.25, 0.3) is 5.56 Å². The molecule has 7 nitrogen and oxygen atoms in total. The Bertz CT molecular complexity index is 1120. The van der Waals surface area contributed by atoms with Crippen LogP contribution >= 0.6 is 0 Å². The molecule has 0 aliphatic carbocycles. The maximum atomic E-state index is 12.8. The molecule has 1 amide bonds. The van der Waals surface area contributed by atoms with Crippen LogP contribution in [0.1, 0.15) is 24.9 Å². The van der Waals surface area contributed by atoms with Crippen molar-refractivity contribution < 1.29 is 9.21 Å². The predicted octanol–water partition coefficient (Wildman–Crippen LogP) is 2.51. The molecule has 0 radical (unpaired) electrons. The van der Waals surface area contributed by atoms with Crippen molar-refractivity contribution in [2.24, 2.45) is 0 Å². The molecule has 0 bridgehead atoms. The van der Waals surface area contributed by atoms with Crippen LogP contribution in [-0.2, 0) is 11.3 Å². The number of hydrogen-bond acceptors (Lipinski definition) is 4. The van der Waals surface area contributed by atoms with Gasteiger partial charge in [-0.25, -0.2) is 4.68 Å². The Morgan fingerprint density at radius 2 is 2.04 bits per heavy atom. The molecule has 1 atom stereocenters. The van der Waals surface area contributed by atoms with Crippen molar-refractivity contribution in [2.75, 3.05) is 0 Å². The van der Waals surface area contributed by atoms with Crippen molar-refractivity contribution in [3.63, 3.8) is 0 Å². The van der Waals surface area contributed by atoms with Gasteiger partial charge in [-0.2, -0.15) is 5.10 Å². The van der Waals surface area contributed by atoms with Crippen LogP contribution in [0.4, 0.5) is 0 Å². The van der Waals surface area contributed by atoms with Crippen LogP contribution in [0.2, 0.25) is 0 Å². The second-order valence-electron chi connectivity index (χ2n) is 6.08. The maximum Gasteiger partial charge on any atom is 0.291 e. The Labute approximate surface area is 148 Å². The molecule has 1 N–H and O–H groups in total. The zero-order chi connectivity index (χ0) is 18.1. The minimum absolute atomic E-state index is 0.231. The molecule has 132 valence electrons. The van der Waals surface area contributed by atoms with E-state index in [4.69, 9.17) is 4.42 Å². The van der Waals surface area contributed by atoms with Gasteiger partial charge in [-0.15, -0.1) is 0 Å². The van der Waals surface area contributed by atoms with Crippen molar-refractivity contribution >= 4 is 22.5 Å². The number of fused-ring (bicyclic) bond motifs is 3. The number of carbonyl (C=O) groups is 1. The molecule has 3 heterocycles. The summed E-state index contributed by atoms with van der Waals surface area (Å²) in [5.74, 6) is -0.231. The number of nitrogens with zero attached hydrogens (tertiary/aromatic N) is 3. The van der Waals surface area contributed by atoms with Crippen molar-refractivity contribution in [3.05, 3.63) is 71.0 Å². The van der Waals surface area contributed by atoms with Gasteiger partial charge in [0.2, 0.25) is 5.91 Å². The van der Waals surface area contributed by atoms with Crippen LogP contribution in [0, 0.1) is 0 Å². The van der Waals surface area contributed by atoms with Crippen LogP contribution in [0.15, 0.2) is 64.3 Å². The summed E-state index contributed by atoms with van der Waals surface area (Å²) in [6.07, 6.45) is 3.57. The first-order valence-electron chi connectivity index (χ1n) is 8.46. The molecule has 3 aromatic heterocycles. The molecule has 0 saturated carbocycles. The van der Waals surface area contributed by atoms with Crippen molar-refractivity contribution in [2.45, 2.75) is 25.9 Å². The number of nitrogens with one attached hydrogen (secondary N) is 1. The molecule has 1 unspecified atom stereocenters. The van der Waals surface area contributed by atoms with Gasteiger partial charge in [-0.1, -0.05) is 37.3 Å². The average molecular weight is 350 g/mol. The van der Waals surface area contributed by atoms with Gasteiger partial charge in [0.05, 0.1) is 11.8 Å². The summed E-state index contributed by atoms with van der Waals surface area (Å²) < 4.78 is 8.26. The Morgan fingerprint density at radius 1 is 1.23 bits per heavy atom. The van der Waals surface area contributed by atoms with Crippen LogP contribution in [0.3, 0.4) is 0 Å². The smallest absolute Gasteiger partial charge is 0.291 e. The largest absolute Gasteiger partial charge is 0.463 e. The molecule has 4 aromatic rings. The number of carbonyl (C=O) groups excluding carboxylic acids is 1. The molecule has 0 aliphatic heterocycles. The summed E-state index contributed by atoms with van der Waals surface area (Å²) in [5, 5.41) is 7.10. The van der Waals surface area contributed by atoms with Crippen LogP contribution in [-0.4, -0.2) is 20.1 Å². The van der Waals surface area contributed by atoms with Gasteiger partial charge >= 0.3 is 0 Å². The highest BCUT2D eigenvalue weighted by Crippen LogP contribution is 2.19. The third-order valence-electron chi connectivity index (χ3n) is 4.47. The van der Waals surface area contributed by atoms with E-state index in [2.05, 4.69) is 10.4 Å². The van der Waals surface area contributed by atoms with Crippen LogP contribution < -0.4 is 10.9 Å². The topological polar surface area (TPSA) is 81.5 Å². The molecule has 0 saturated heterocycles. The van der Waals surface area contributed by atoms with Gasteiger partial charge in [-0.05, 0) is 12.0 Å². The van der Waals surface area contributed by atoms with Crippen LogP contribution in [0.25, 0.3) is 16.6 Å². The second-order valence-corrected chi connectivity index (χ2v) is 6.08. The second kappa shape index (κ2) is 6.51. The summed E-state index contributed by atoms with van der Waals surface area (Å²) in [6.45, 7) is 2.26. The number of rotatable bonds is 5. The maximum absolute atomic E-state index is 12.8. The predicted molar refractivity (Wildman–Crippen MR) is 96.8 cm³/mol. The molecule has 0 spiro atoms. The van der Waals surface area contributed by atoms with E-state index >= 15 is 0 Å². The summed E-state index contributed by atoms with van der Waals surface area (Å²) in [7, 11) is 0. The Balaban J connectivity index is 1.64. The average Bonchev–Trinajstić information content (AvgIpc) is 3.25. The van der Waals surface area contributed by atoms with Crippen molar-refractivity contribution in [1.29, 1.82) is 0 Å². The summed E-state index contributed by atoms with van der Waals surface area (Å²) >= 11 is 0. The lowest BCUT2D eigenvalue weighted by atomic mass is 10.2. The fourth-order valence-corrected chi connectivity index (χ4v) is 3.11. The highest BCUT2D eigenvalue weighted by molar-refractivity contribution is 5.82. The first-order valence-corrected chi connectivity index (χ1v) is 8.46. The van der Waals surface area contributed by atoms with E-state index in [1.54, 1.807) is 29.1 Å². The molecule has 7 heteroatoms. The standard InChI is InChI=1S/C19H18N4O3/c1-2-14(18(24)20-11-13-6-4-3-5-7-13)23-19(25)16-10-17-15(8-9-26-17)22(16)12-21-23/h3-10,12,14H,2,11H2,1H3,(H,20,24). The van der Waals surface area contributed by atoms with E-state index in [9.17, 15) is 9.59 Å². The van der Waals surface area contributed by atoms with Gasteiger partial charge in [0.15, 0.2) is 5.58 Å². The summed E-state index contributed by atoms with van der Waals surface area (Å²) in [6, 6.07) is 12.4. The molecule has 4 rings (SSSR count). The lowest BCUT2D eigenvalue weighted by Gasteiger charge is -2.17. The lowest BCUT2D eigenvalue weighted by molar-refractivity contribution is -0.125. The number of hydrogen-bond donors (Lipinski definition) is 1. The zero-order valence-electron chi connectivity index (χ0n) is 14.3. The Morgan fingerprint density at radius 3 is 2.81 bits per heavy atom. The van der Waals surface area contributed by atoms with E-state index in [1.807, 2.05) is 37.3 Å². The van der Waals surface area contributed by atoms with Gasteiger partial charge < -0.3 is 9.73 Å². The minimum Gasteiger partial charge on any atom is -0.463 e. The first-order chi connectivity index (χ1) is 12.7. The Kier molecular flexibility index (Phi) is 4.04. The SMILES string of the molecule is CCC(C(=O)NCc1ccccc1)n1ncn2c(cc3occc32)c1=O. The quantitative estimate of drug-likeness (QED) is 0.600. The number of furan rings is 1. The van der Waals surface area contributed by atoms with Crippen LogP contribution in [0.5, 0.6) is 0 Å². The van der Waals surface area contributed by atoms with E-state index in [1.165, 1.54) is 4.68 Å². The molecule has 1 aromatic carbocycles. The number of amides is 1. The Hall–Kier alpha value is -3.35. The van der Waals surface area contributed by atoms with Gasteiger partial charge in [-0.3, -0.25) is 14.0 Å². The van der Waals surface area contributed by atoms with Crippen molar-refractivity contribution in [1.82, 2.24) is 19.5 Å². The fourth-order valence-electron chi connectivity index (χ4n) is 3.11. The molecule has 0 aliphatic rings. The minimum atomic E-state index is -0.669. The summed E-state index contributed by atoms with van der Waals surface area (Å²) in [4.78, 5) is 25.5. The summed E-state index contributed by atoms with van der Waals surface area (Å²) in [5.41, 5.74) is 2.50. The van der Waals surface area contributed by atoms with Gasteiger partial charge in [0, 0.05) is 18.7 Å². The van der Waals surface area contributed by atoms with E-state index < -0.39 is 6.04 Å². The molecular formula is C19H18N4O3. The normalized spacial score (nSPS) is 12.5. The first kappa shape index (κ1) is 16.1. The number of benzene rings is 1. The highest BCUT2D eigenvalue weighted by Gasteiger charge is 2.22. The third-order valence-corrected chi connectivity index (χ3v) is 4.47.